The van der Waals surface area contributed by atoms with Crippen molar-refractivity contribution in [1.29, 1.82) is 0 Å². The topological polar surface area (TPSA) is 95.4 Å². The SMILES string of the molecule is Cc1cnc2c(C(=O)N3CC[C@@H](C(=O)NCCc4c[nH]c5ccccc45)C3)cnn2c1. The molecular weight excluding hydrogens is 392 g/mol. The molecule has 0 aliphatic carbocycles. The number of likely N-dealkylation sites (tertiary alicyclic amines) is 1. The molecule has 1 aliphatic rings. The Balaban J connectivity index is 1.18. The van der Waals surface area contributed by atoms with Crippen molar-refractivity contribution < 1.29 is 9.59 Å². The van der Waals surface area contributed by atoms with Crippen LogP contribution in [0.3, 0.4) is 0 Å². The Kier molecular flexibility index (Phi) is 4.89. The lowest BCUT2D eigenvalue weighted by Crippen LogP contribution is -2.35. The summed E-state index contributed by atoms with van der Waals surface area (Å²) in [5.74, 6) is -0.312. The Bertz CT molecular complexity index is 1270. The number of nitrogens with one attached hydrogen (secondary N) is 2. The number of nitrogens with zero attached hydrogens (tertiary/aromatic N) is 4. The summed E-state index contributed by atoms with van der Waals surface area (Å²) in [7, 11) is 0. The molecule has 5 rings (SSSR count). The number of aromatic amines is 1. The van der Waals surface area contributed by atoms with Gasteiger partial charge in [-0.3, -0.25) is 9.59 Å². The molecule has 158 valence electrons. The molecule has 4 heterocycles. The number of para-hydroxylation sites is 1. The van der Waals surface area contributed by atoms with Gasteiger partial charge in [0.1, 0.15) is 5.56 Å². The van der Waals surface area contributed by atoms with Gasteiger partial charge in [0.15, 0.2) is 5.65 Å². The van der Waals surface area contributed by atoms with E-state index in [0.717, 1.165) is 17.5 Å². The molecule has 2 N–H and O–H groups in total. The number of H-pyrrole nitrogens is 1. The van der Waals surface area contributed by atoms with E-state index in [1.54, 1.807) is 21.8 Å². The molecule has 4 aromatic rings. The first-order valence-electron chi connectivity index (χ1n) is 10.5. The number of hydrogen-bond acceptors (Lipinski definition) is 4. The van der Waals surface area contributed by atoms with E-state index in [-0.39, 0.29) is 17.7 Å². The second kappa shape index (κ2) is 7.86. The highest BCUT2D eigenvalue weighted by Crippen LogP contribution is 2.21. The van der Waals surface area contributed by atoms with Crippen molar-refractivity contribution in [3.8, 4) is 0 Å². The molecule has 1 atom stereocenters. The van der Waals surface area contributed by atoms with Crippen LogP contribution in [-0.4, -0.2) is 55.9 Å². The molecule has 2 amide bonds. The third kappa shape index (κ3) is 3.65. The monoisotopic (exact) mass is 416 g/mol. The molecule has 31 heavy (non-hydrogen) atoms. The standard InChI is InChI=1S/C23H24N6O2/c1-15-10-26-21-19(12-27-29(21)13-15)23(31)28-9-7-17(14-28)22(30)24-8-6-16-11-25-20-5-3-2-4-18(16)20/h2-5,10-13,17,25H,6-9,14H2,1H3,(H,24,30)/t17-/m1/s1. The van der Waals surface area contributed by atoms with Crippen LogP contribution in [0.1, 0.15) is 27.9 Å². The van der Waals surface area contributed by atoms with Gasteiger partial charge in [0.25, 0.3) is 5.91 Å². The van der Waals surface area contributed by atoms with Crippen molar-refractivity contribution in [2.75, 3.05) is 19.6 Å². The Labute approximate surface area is 179 Å². The first-order chi connectivity index (χ1) is 15.1. The van der Waals surface area contributed by atoms with Crippen LogP contribution in [0.2, 0.25) is 0 Å². The number of benzene rings is 1. The third-order valence-corrected chi connectivity index (χ3v) is 5.93. The summed E-state index contributed by atoms with van der Waals surface area (Å²) in [6, 6.07) is 8.15. The second-order valence-corrected chi connectivity index (χ2v) is 8.10. The Hall–Kier alpha value is -3.68. The summed E-state index contributed by atoms with van der Waals surface area (Å²) in [6.07, 6.45) is 8.54. The smallest absolute Gasteiger partial charge is 0.259 e. The number of fused-ring (bicyclic) bond motifs is 2. The molecule has 8 nitrogen and oxygen atoms in total. The van der Waals surface area contributed by atoms with Gasteiger partial charge >= 0.3 is 0 Å². The van der Waals surface area contributed by atoms with Crippen molar-refractivity contribution in [3.63, 3.8) is 0 Å². The van der Waals surface area contributed by atoms with Crippen molar-refractivity contribution in [1.82, 2.24) is 29.8 Å². The second-order valence-electron chi connectivity index (χ2n) is 8.10. The van der Waals surface area contributed by atoms with Gasteiger partial charge in [-0.25, -0.2) is 9.50 Å². The lowest BCUT2D eigenvalue weighted by atomic mass is 10.1. The summed E-state index contributed by atoms with van der Waals surface area (Å²) in [5, 5.41) is 8.46. The van der Waals surface area contributed by atoms with Gasteiger partial charge in [-0.15, -0.1) is 0 Å². The van der Waals surface area contributed by atoms with E-state index in [2.05, 4.69) is 26.4 Å². The third-order valence-electron chi connectivity index (χ3n) is 5.93. The number of hydrogen-bond donors (Lipinski definition) is 2. The van der Waals surface area contributed by atoms with Crippen LogP contribution >= 0.6 is 0 Å². The van der Waals surface area contributed by atoms with Crippen LogP contribution in [0.5, 0.6) is 0 Å². The highest BCUT2D eigenvalue weighted by Gasteiger charge is 2.32. The number of amides is 2. The van der Waals surface area contributed by atoms with E-state index in [4.69, 9.17) is 0 Å². The maximum absolute atomic E-state index is 13.0. The average Bonchev–Trinajstić information content (AvgIpc) is 3.51. The van der Waals surface area contributed by atoms with Crippen molar-refractivity contribution in [2.24, 2.45) is 5.92 Å². The van der Waals surface area contributed by atoms with Gasteiger partial charge in [0, 0.05) is 49.1 Å². The number of aryl methyl sites for hydroxylation is 1. The summed E-state index contributed by atoms with van der Waals surface area (Å²) in [6.45, 7) is 3.48. The van der Waals surface area contributed by atoms with Gasteiger partial charge in [-0.1, -0.05) is 18.2 Å². The lowest BCUT2D eigenvalue weighted by molar-refractivity contribution is -0.124. The van der Waals surface area contributed by atoms with Gasteiger partial charge in [-0.05, 0) is 37.0 Å². The molecular formula is C23H24N6O2. The minimum atomic E-state index is -0.191. The molecule has 0 spiro atoms. The Morgan fingerprint density at radius 2 is 2.13 bits per heavy atom. The fourth-order valence-electron chi connectivity index (χ4n) is 4.25. The first-order valence-corrected chi connectivity index (χ1v) is 10.5. The lowest BCUT2D eigenvalue weighted by Gasteiger charge is -2.15. The minimum absolute atomic E-state index is 0.00348. The average molecular weight is 416 g/mol. The maximum Gasteiger partial charge on any atom is 0.259 e. The normalized spacial score (nSPS) is 16.3. The zero-order valence-electron chi connectivity index (χ0n) is 17.3. The van der Waals surface area contributed by atoms with E-state index in [1.807, 2.05) is 37.5 Å². The molecule has 1 fully saturated rings. The number of rotatable bonds is 5. The quantitative estimate of drug-likeness (QED) is 0.522. The van der Waals surface area contributed by atoms with Gasteiger partial charge < -0.3 is 15.2 Å². The first kappa shape index (κ1) is 19.3. The van der Waals surface area contributed by atoms with Crippen molar-refractivity contribution in [3.05, 3.63) is 65.7 Å². The van der Waals surface area contributed by atoms with Crippen molar-refractivity contribution >= 4 is 28.4 Å². The van der Waals surface area contributed by atoms with Crippen LogP contribution in [0.15, 0.2) is 49.1 Å². The van der Waals surface area contributed by atoms with Gasteiger partial charge in [0.05, 0.1) is 12.1 Å². The molecule has 0 radical (unpaired) electrons. The van der Waals surface area contributed by atoms with E-state index in [0.29, 0.717) is 37.3 Å². The molecule has 0 unspecified atom stereocenters. The minimum Gasteiger partial charge on any atom is -0.361 e. The highest BCUT2D eigenvalue weighted by atomic mass is 16.2. The predicted molar refractivity (Wildman–Crippen MR) is 117 cm³/mol. The summed E-state index contributed by atoms with van der Waals surface area (Å²) in [4.78, 5) is 35.0. The van der Waals surface area contributed by atoms with Crippen LogP contribution in [0.25, 0.3) is 16.6 Å². The molecule has 1 saturated heterocycles. The fraction of sp³-hybridized carbons (Fsp3) is 0.304. The fourth-order valence-corrected chi connectivity index (χ4v) is 4.25. The molecule has 0 saturated carbocycles. The number of carbonyl (C=O) groups excluding carboxylic acids is 2. The predicted octanol–water partition coefficient (Wildman–Crippen LogP) is 2.34. The maximum atomic E-state index is 13.0. The largest absolute Gasteiger partial charge is 0.361 e. The number of aromatic nitrogens is 4. The van der Waals surface area contributed by atoms with Crippen LogP contribution in [0, 0.1) is 12.8 Å². The summed E-state index contributed by atoms with van der Waals surface area (Å²) in [5.41, 5.74) is 4.28. The zero-order valence-corrected chi connectivity index (χ0v) is 17.3. The zero-order chi connectivity index (χ0) is 21.4. The molecule has 8 heteroatoms. The van der Waals surface area contributed by atoms with E-state index < -0.39 is 0 Å². The van der Waals surface area contributed by atoms with Crippen molar-refractivity contribution in [2.45, 2.75) is 19.8 Å². The van der Waals surface area contributed by atoms with Gasteiger partial charge in [-0.2, -0.15) is 5.10 Å². The van der Waals surface area contributed by atoms with Crippen LogP contribution in [-0.2, 0) is 11.2 Å². The van der Waals surface area contributed by atoms with E-state index >= 15 is 0 Å². The molecule has 0 bridgehead atoms. The summed E-state index contributed by atoms with van der Waals surface area (Å²) >= 11 is 0. The van der Waals surface area contributed by atoms with Crippen LogP contribution in [0.4, 0.5) is 0 Å². The van der Waals surface area contributed by atoms with Crippen LogP contribution < -0.4 is 5.32 Å². The van der Waals surface area contributed by atoms with E-state index in [1.165, 1.54) is 10.9 Å². The van der Waals surface area contributed by atoms with Gasteiger partial charge in [0.2, 0.25) is 5.91 Å². The number of carbonyl (C=O) groups is 2. The molecule has 1 aromatic carbocycles. The molecule has 1 aliphatic heterocycles. The Morgan fingerprint density at radius 1 is 1.26 bits per heavy atom. The Morgan fingerprint density at radius 3 is 3.03 bits per heavy atom. The molecule has 3 aromatic heterocycles. The highest BCUT2D eigenvalue weighted by molar-refractivity contribution is 6.00. The van der Waals surface area contributed by atoms with E-state index in [9.17, 15) is 9.59 Å². The summed E-state index contributed by atoms with van der Waals surface area (Å²) < 4.78 is 1.62.